The first-order valence-corrected chi connectivity index (χ1v) is 13.0. The van der Waals surface area contributed by atoms with Gasteiger partial charge >= 0.3 is 6.03 Å². The number of aromatic nitrogens is 4. The third kappa shape index (κ3) is 5.05. The van der Waals surface area contributed by atoms with Crippen molar-refractivity contribution in [1.29, 1.82) is 0 Å². The zero-order valence-electron chi connectivity index (χ0n) is 19.7. The van der Waals surface area contributed by atoms with E-state index in [9.17, 15) is 14.4 Å². The number of hydrogen-bond acceptors (Lipinski definition) is 8. The monoisotopic (exact) mass is 516 g/mol. The molecular formula is C25H24N8O3S. The van der Waals surface area contributed by atoms with E-state index in [1.165, 1.54) is 11.8 Å². The van der Waals surface area contributed by atoms with Crippen LogP contribution in [0.5, 0.6) is 0 Å². The molecule has 4 N–H and O–H groups in total. The Morgan fingerprint density at radius 2 is 2.14 bits per heavy atom. The summed E-state index contributed by atoms with van der Waals surface area (Å²) in [6.07, 6.45) is 10.4. The summed E-state index contributed by atoms with van der Waals surface area (Å²) < 4.78 is 1.71. The number of fused-ring (bicyclic) bond motifs is 1. The Hall–Kier alpha value is -4.19. The van der Waals surface area contributed by atoms with Gasteiger partial charge in [-0.15, -0.1) is 11.8 Å². The van der Waals surface area contributed by atoms with Gasteiger partial charge in [-0.2, -0.15) is 9.61 Å². The lowest BCUT2D eigenvalue weighted by atomic mass is 10.2. The molecule has 12 heteroatoms. The summed E-state index contributed by atoms with van der Waals surface area (Å²) in [7, 11) is 0. The zero-order chi connectivity index (χ0) is 25.4. The molecule has 1 aliphatic carbocycles. The van der Waals surface area contributed by atoms with Crippen LogP contribution >= 0.6 is 11.8 Å². The highest BCUT2D eigenvalue weighted by atomic mass is 32.2. The lowest BCUT2D eigenvalue weighted by molar-refractivity contribution is -0.117. The summed E-state index contributed by atoms with van der Waals surface area (Å²) in [5.74, 6) is 0.214. The molecule has 6 rings (SSSR count). The van der Waals surface area contributed by atoms with Crippen LogP contribution in [0.15, 0.2) is 53.3 Å². The largest absolute Gasteiger partial charge is 0.367 e. The van der Waals surface area contributed by atoms with Crippen molar-refractivity contribution in [2.45, 2.75) is 37.0 Å². The lowest BCUT2D eigenvalue weighted by Crippen LogP contribution is -2.26. The fraction of sp³-hybridized carbons (Fsp3) is 0.280. The number of rotatable bonds is 8. The third-order valence-electron chi connectivity index (χ3n) is 6.20. The van der Waals surface area contributed by atoms with E-state index in [4.69, 9.17) is 4.98 Å². The predicted molar refractivity (Wildman–Crippen MR) is 138 cm³/mol. The standard InChI is InChI=1S/C25H24N8O3S/c34-23-18(31-25(36)32-23)11-14-13-28-33-21(29-16-4-5-16)12-17(30-22(14)33)19-6-7-20(37-19)24(35)27-10-8-15-3-1-2-9-26-15/h1-3,7,9,11-13,16,19,29H,4-6,8,10H2,(H,27,35)(H2,31,32,34,36)/b18-11-. The molecule has 3 aromatic heterocycles. The first-order chi connectivity index (χ1) is 18.0. The molecule has 11 nitrogen and oxygen atoms in total. The molecule has 0 spiro atoms. The normalized spacial score (nSPS) is 20.2. The fourth-order valence-electron chi connectivity index (χ4n) is 4.17. The number of anilines is 1. The van der Waals surface area contributed by atoms with Crippen molar-refractivity contribution in [2.75, 3.05) is 11.9 Å². The van der Waals surface area contributed by atoms with E-state index in [-0.39, 0.29) is 16.9 Å². The van der Waals surface area contributed by atoms with Crippen LogP contribution in [0.4, 0.5) is 10.6 Å². The van der Waals surface area contributed by atoms with E-state index in [1.54, 1.807) is 23.0 Å². The SMILES string of the molecule is O=C1NC(=O)/C(=C/c2cnn3c(NC4CC4)cc(C4CC=C(C(=O)NCCc5ccccn5)S4)nc23)N1. The van der Waals surface area contributed by atoms with Crippen LogP contribution in [0.1, 0.15) is 41.5 Å². The second kappa shape index (κ2) is 9.69. The van der Waals surface area contributed by atoms with Crippen molar-refractivity contribution in [3.05, 3.63) is 70.3 Å². The van der Waals surface area contributed by atoms with E-state index in [1.807, 2.05) is 30.3 Å². The molecule has 4 amide bonds. The van der Waals surface area contributed by atoms with Gasteiger partial charge in [0.2, 0.25) is 0 Å². The maximum Gasteiger partial charge on any atom is 0.326 e. The number of thioether (sulfide) groups is 1. The van der Waals surface area contributed by atoms with Gasteiger partial charge < -0.3 is 16.0 Å². The Bertz CT molecular complexity index is 1460. The fourth-order valence-corrected chi connectivity index (χ4v) is 5.28. The van der Waals surface area contributed by atoms with E-state index >= 15 is 0 Å². The predicted octanol–water partition coefficient (Wildman–Crippen LogP) is 2.30. The van der Waals surface area contributed by atoms with Crippen molar-refractivity contribution in [1.82, 2.24) is 35.5 Å². The van der Waals surface area contributed by atoms with E-state index in [0.717, 1.165) is 30.0 Å². The molecule has 1 saturated carbocycles. The molecule has 2 fully saturated rings. The first-order valence-electron chi connectivity index (χ1n) is 12.1. The molecule has 37 heavy (non-hydrogen) atoms. The summed E-state index contributed by atoms with van der Waals surface area (Å²) in [6, 6.07) is 7.55. The summed E-state index contributed by atoms with van der Waals surface area (Å²) >= 11 is 1.49. The maximum atomic E-state index is 12.8. The molecule has 1 atom stereocenters. The van der Waals surface area contributed by atoms with Crippen molar-refractivity contribution < 1.29 is 14.4 Å². The number of urea groups is 1. The van der Waals surface area contributed by atoms with Crippen LogP contribution in [0, 0.1) is 0 Å². The molecule has 1 unspecified atom stereocenters. The number of nitrogens with zero attached hydrogens (tertiary/aromatic N) is 4. The van der Waals surface area contributed by atoms with Gasteiger partial charge in [-0.3, -0.25) is 19.9 Å². The van der Waals surface area contributed by atoms with Crippen LogP contribution < -0.4 is 21.3 Å². The van der Waals surface area contributed by atoms with Gasteiger partial charge in [0.05, 0.1) is 22.0 Å². The average Bonchev–Trinajstić information content (AvgIpc) is 3.26. The number of amides is 4. The van der Waals surface area contributed by atoms with Crippen LogP contribution in [0.25, 0.3) is 11.7 Å². The lowest BCUT2D eigenvalue weighted by Gasteiger charge is -2.14. The molecule has 1 saturated heterocycles. The topological polar surface area (TPSA) is 142 Å². The van der Waals surface area contributed by atoms with Gasteiger partial charge in [0.15, 0.2) is 5.65 Å². The minimum atomic E-state index is -0.559. The molecule has 3 aliphatic rings. The molecule has 188 valence electrons. The minimum absolute atomic E-state index is 0.0359. The summed E-state index contributed by atoms with van der Waals surface area (Å²) in [5, 5.41) is 15.6. The quantitative estimate of drug-likeness (QED) is 0.264. The number of carbonyl (C=O) groups excluding carboxylic acids is 3. The first kappa shape index (κ1) is 23.2. The van der Waals surface area contributed by atoms with Gasteiger partial charge in [0.25, 0.3) is 11.8 Å². The highest BCUT2D eigenvalue weighted by Crippen LogP contribution is 2.44. The van der Waals surface area contributed by atoms with Gasteiger partial charge in [-0.25, -0.2) is 9.78 Å². The number of pyridine rings is 1. The van der Waals surface area contributed by atoms with Crippen molar-refractivity contribution in [2.24, 2.45) is 0 Å². The van der Waals surface area contributed by atoms with E-state index in [0.29, 0.717) is 41.5 Å². The second-order valence-electron chi connectivity index (χ2n) is 9.02. The minimum Gasteiger partial charge on any atom is -0.367 e. The van der Waals surface area contributed by atoms with Gasteiger partial charge in [-0.1, -0.05) is 12.1 Å². The highest BCUT2D eigenvalue weighted by molar-refractivity contribution is 8.04. The van der Waals surface area contributed by atoms with Crippen LogP contribution in [0.2, 0.25) is 0 Å². The zero-order valence-corrected chi connectivity index (χ0v) is 20.5. The van der Waals surface area contributed by atoms with Gasteiger partial charge in [-0.05, 0) is 37.5 Å². The Morgan fingerprint density at radius 1 is 1.24 bits per heavy atom. The van der Waals surface area contributed by atoms with Gasteiger partial charge in [0, 0.05) is 42.5 Å². The number of allylic oxidation sites excluding steroid dienone is 1. The maximum absolute atomic E-state index is 12.8. The van der Waals surface area contributed by atoms with Crippen molar-refractivity contribution >= 4 is 47.1 Å². The van der Waals surface area contributed by atoms with Crippen LogP contribution in [0.3, 0.4) is 0 Å². The Morgan fingerprint density at radius 3 is 2.89 bits per heavy atom. The Labute approximate surface area is 216 Å². The smallest absolute Gasteiger partial charge is 0.326 e. The number of hydrogen-bond donors (Lipinski definition) is 4. The summed E-state index contributed by atoms with van der Waals surface area (Å²) in [6.45, 7) is 0.510. The van der Waals surface area contributed by atoms with Crippen molar-refractivity contribution in [3.8, 4) is 0 Å². The van der Waals surface area contributed by atoms with E-state index in [2.05, 4.69) is 31.3 Å². The molecule has 0 aromatic carbocycles. The van der Waals surface area contributed by atoms with Crippen LogP contribution in [-0.4, -0.2) is 50.0 Å². The summed E-state index contributed by atoms with van der Waals surface area (Å²) in [4.78, 5) is 46.1. The Kier molecular flexibility index (Phi) is 6.08. The second-order valence-corrected chi connectivity index (χ2v) is 10.3. The third-order valence-corrected chi connectivity index (χ3v) is 7.53. The Balaban J connectivity index is 1.20. The molecular weight excluding hydrogens is 492 g/mol. The van der Waals surface area contributed by atoms with Crippen molar-refractivity contribution in [3.63, 3.8) is 0 Å². The molecule has 2 aliphatic heterocycles. The van der Waals surface area contributed by atoms with Crippen LogP contribution in [-0.2, 0) is 16.0 Å². The van der Waals surface area contributed by atoms with Gasteiger partial charge in [0.1, 0.15) is 11.5 Å². The average molecular weight is 517 g/mol. The number of imide groups is 1. The van der Waals surface area contributed by atoms with E-state index < -0.39 is 11.9 Å². The number of nitrogens with one attached hydrogen (secondary N) is 4. The molecule has 3 aromatic rings. The molecule has 5 heterocycles. The number of carbonyl (C=O) groups is 3. The molecule has 0 radical (unpaired) electrons. The molecule has 0 bridgehead atoms. The highest BCUT2D eigenvalue weighted by Gasteiger charge is 2.29. The summed E-state index contributed by atoms with van der Waals surface area (Å²) in [5.41, 5.74) is 3.06.